The molecule has 0 bridgehead atoms. The molecule has 5 nitrogen and oxygen atoms in total. The zero-order chi connectivity index (χ0) is 15.7. The van der Waals surface area contributed by atoms with E-state index in [0.29, 0.717) is 11.3 Å². The van der Waals surface area contributed by atoms with Gasteiger partial charge in [-0.1, -0.05) is 13.3 Å². The first-order chi connectivity index (χ1) is 10.6. The Morgan fingerprint density at radius 2 is 1.73 bits per heavy atom. The molecule has 0 spiro atoms. The molecule has 0 saturated carbocycles. The normalized spacial score (nSPS) is 11.1. The molecule has 3 rings (SSSR count). The van der Waals surface area contributed by atoms with Crippen molar-refractivity contribution in [3.8, 4) is 28.5 Å². The molecule has 0 saturated heterocycles. The summed E-state index contributed by atoms with van der Waals surface area (Å²) in [6, 6.07) is 9.54. The lowest BCUT2D eigenvalue weighted by atomic mass is 10.1. The number of aryl methyl sites for hydroxylation is 1. The predicted octanol–water partition coefficient (Wildman–Crippen LogP) is 3.62. The Kier molecular flexibility index (Phi) is 3.63. The lowest BCUT2D eigenvalue weighted by Crippen LogP contribution is -1.99. The van der Waals surface area contributed by atoms with Crippen LogP contribution in [-0.4, -0.2) is 25.1 Å². The first-order valence-electron chi connectivity index (χ1n) is 7.32. The number of aromatic hydroxyl groups is 3. The van der Waals surface area contributed by atoms with Crippen LogP contribution in [0.15, 0.2) is 36.4 Å². The third kappa shape index (κ3) is 2.45. The number of hydrogen-bond acceptors (Lipinski definition) is 4. The number of unbranched alkanes of at least 4 members (excludes halogenated alkanes) is 1. The van der Waals surface area contributed by atoms with Crippen LogP contribution in [0, 0.1) is 0 Å². The Morgan fingerprint density at radius 1 is 1.00 bits per heavy atom. The van der Waals surface area contributed by atoms with Gasteiger partial charge >= 0.3 is 0 Å². The van der Waals surface area contributed by atoms with Gasteiger partial charge in [0.25, 0.3) is 0 Å². The molecule has 0 aliphatic rings. The summed E-state index contributed by atoms with van der Waals surface area (Å²) in [6.45, 7) is 2.85. The van der Waals surface area contributed by atoms with Gasteiger partial charge in [-0.25, -0.2) is 0 Å². The molecule has 0 amide bonds. The maximum Gasteiger partial charge on any atom is 0.128 e. The number of nitrogens with zero attached hydrogens (tertiary/aromatic N) is 2. The van der Waals surface area contributed by atoms with Gasteiger partial charge in [-0.3, -0.25) is 4.68 Å². The largest absolute Gasteiger partial charge is 0.508 e. The topological polar surface area (TPSA) is 78.5 Å². The van der Waals surface area contributed by atoms with E-state index in [1.54, 1.807) is 24.3 Å². The van der Waals surface area contributed by atoms with Crippen LogP contribution < -0.4 is 0 Å². The second kappa shape index (κ2) is 5.60. The van der Waals surface area contributed by atoms with E-state index in [-0.39, 0.29) is 17.2 Å². The summed E-state index contributed by atoms with van der Waals surface area (Å²) in [7, 11) is 0. The number of phenolic OH excluding ortho intramolecular Hbond substituents is 3. The van der Waals surface area contributed by atoms with E-state index >= 15 is 0 Å². The molecule has 1 aromatic heterocycles. The molecule has 114 valence electrons. The molecule has 0 fully saturated rings. The lowest BCUT2D eigenvalue weighted by Gasteiger charge is -2.02. The van der Waals surface area contributed by atoms with Gasteiger partial charge in [-0.2, -0.15) is 5.10 Å². The van der Waals surface area contributed by atoms with E-state index in [1.807, 2.05) is 4.68 Å². The van der Waals surface area contributed by atoms with Crippen LogP contribution in [0.5, 0.6) is 17.2 Å². The summed E-state index contributed by atoms with van der Waals surface area (Å²) in [6.07, 6.45) is 2.02. The van der Waals surface area contributed by atoms with Crippen LogP contribution in [0.1, 0.15) is 19.8 Å². The third-order valence-corrected chi connectivity index (χ3v) is 3.70. The number of rotatable bonds is 4. The first kappa shape index (κ1) is 14.3. The molecule has 3 N–H and O–H groups in total. The van der Waals surface area contributed by atoms with Gasteiger partial charge in [0.15, 0.2) is 0 Å². The number of aromatic nitrogens is 2. The third-order valence-electron chi connectivity index (χ3n) is 3.70. The van der Waals surface area contributed by atoms with Crippen LogP contribution in [0.4, 0.5) is 0 Å². The summed E-state index contributed by atoms with van der Waals surface area (Å²) in [5, 5.41) is 34.7. The van der Waals surface area contributed by atoms with Crippen molar-refractivity contribution in [2.45, 2.75) is 26.3 Å². The second-order valence-electron chi connectivity index (χ2n) is 5.33. The van der Waals surface area contributed by atoms with Crippen molar-refractivity contribution in [2.75, 3.05) is 0 Å². The number of fused-ring (bicyclic) bond motifs is 1. The molecule has 5 heteroatoms. The molecular weight excluding hydrogens is 280 g/mol. The number of phenols is 3. The average molecular weight is 298 g/mol. The molecule has 22 heavy (non-hydrogen) atoms. The van der Waals surface area contributed by atoms with E-state index in [9.17, 15) is 15.3 Å². The molecule has 0 aliphatic heterocycles. The standard InChI is InChI=1S/C17H18N2O3/c1-2-3-8-19-15-9-11(20)4-6-13(15)17(18-19)14-7-5-12(21)10-16(14)22/h4-7,9-10,20-22H,2-3,8H2,1H3. The Hall–Kier alpha value is -2.69. The van der Waals surface area contributed by atoms with E-state index in [2.05, 4.69) is 12.0 Å². The minimum Gasteiger partial charge on any atom is -0.508 e. The average Bonchev–Trinajstić information content (AvgIpc) is 2.83. The highest BCUT2D eigenvalue weighted by Gasteiger charge is 2.16. The summed E-state index contributed by atoms with van der Waals surface area (Å²) < 4.78 is 1.85. The van der Waals surface area contributed by atoms with Crippen LogP contribution in [0.25, 0.3) is 22.2 Å². The van der Waals surface area contributed by atoms with Crippen LogP contribution >= 0.6 is 0 Å². The molecule has 0 aliphatic carbocycles. The van der Waals surface area contributed by atoms with Crippen LogP contribution in [0.3, 0.4) is 0 Å². The van der Waals surface area contributed by atoms with Crippen molar-refractivity contribution in [3.05, 3.63) is 36.4 Å². The Morgan fingerprint density at radius 3 is 2.45 bits per heavy atom. The second-order valence-corrected chi connectivity index (χ2v) is 5.33. The van der Waals surface area contributed by atoms with Gasteiger partial charge in [0.2, 0.25) is 0 Å². The van der Waals surface area contributed by atoms with Crippen molar-refractivity contribution in [2.24, 2.45) is 0 Å². The minimum atomic E-state index is -0.0184. The summed E-state index contributed by atoms with van der Waals surface area (Å²) >= 11 is 0. The van der Waals surface area contributed by atoms with E-state index in [1.165, 1.54) is 12.1 Å². The number of hydrogen-bond donors (Lipinski definition) is 3. The van der Waals surface area contributed by atoms with Crippen LogP contribution in [-0.2, 0) is 6.54 Å². The van der Waals surface area contributed by atoms with Crippen molar-refractivity contribution >= 4 is 10.9 Å². The molecule has 3 aromatic rings. The monoisotopic (exact) mass is 298 g/mol. The van der Waals surface area contributed by atoms with Gasteiger partial charge in [0.05, 0.1) is 5.52 Å². The Balaban J connectivity index is 2.21. The SMILES string of the molecule is CCCCn1nc(-c2ccc(O)cc2O)c2ccc(O)cc21. The highest BCUT2D eigenvalue weighted by atomic mass is 16.3. The molecule has 2 aromatic carbocycles. The van der Waals surface area contributed by atoms with Crippen LogP contribution in [0.2, 0.25) is 0 Å². The van der Waals surface area contributed by atoms with Gasteiger partial charge in [-0.05, 0) is 30.7 Å². The van der Waals surface area contributed by atoms with Crippen molar-refractivity contribution in [1.29, 1.82) is 0 Å². The summed E-state index contributed by atoms with van der Waals surface area (Å²) in [5.74, 6) is 0.176. The molecule has 0 atom stereocenters. The molecule has 1 heterocycles. The van der Waals surface area contributed by atoms with Crippen molar-refractivity contribution in [3.63, 3.8) is 0 Å². The highest BCUT2D eigenvalue weighted by molar-refractivity contribution is 5.95. The van der Waals surface area contributed by atoms with Gasteiger partial charge < -0.3 is 15.3 Å². The smallest absolute Gasteiger partial charge is 0.128 e. The maximum absolute atomic E-state index is 10.1. The predicted molar refractivity (Wildman–Crippen MR) is 85.1 cm³/mol. The summed E-state index contributed by atoms with van der Waals surface area (Å²) in [5.41, 5.74) is 2.03. The molecule has 0 unspecified atom stereocenters. The number of benzene rings is 2. The molecule has 0 radical (unpaired) electrons. The van der Waals surface area contributed by atoms with E-state index in [0.717, 1.165) is 30.3 Å². The van der Waals surface area contributed by atoms with Gasteiger partial charge in [0, 0.05) is 29.6 Å². The zero-order valence-electron chi connectivity index (χ0n) is 12.3. The fraction of sp³-hybridized carbons (Fsp3) is 0.235. The lowest BCUT2D eigenvalue weighted by molar-refractivity contribution is 0.451. The quantitative estimate of drug-likeness (QED) is 0.687. The summed E-state index contributed by atoms with van der Waals surface area (Å²) in [4.78, 5) is 0. The van der Waals surface area contributed by atoms with Crippen molar-refractivity contribution in [1.82, 2.24) is 9.78 Å². The highest BCUT2D eigenvalue weighted by Crippen LogP contribution is 2.36. The van der Waals surface area contributed by atoms with Gasteiger partial charge in [-0.15, -0.1) is 0 Å². The molecular formula is C17H18N2O3. The fourth-order valence-electron chi connectivity index (χ4n) is 2.56. The van der Waals surface area contributed by atoms with E-state index in [4.69, 9.17) is 0 Å². The van der Waals surface area contributed by atoms with Crippen molar-refractivity contribution < 1.29 is 15.3 Å². The Labute approximate surface area is 128 Å². The fourth-order valence-corrected chi connectivity index (χ4v) is 2.56. The van der Waals surface area contributed by atoms with E-state index < -0.39 is 0 Å². The maximum atomic E-state index is 10.1. The first-order valence-corrected chi connectivity index (χ1v) is 7.32. The Bertz CT molecular complexity index is 824. The zero-order valence-corrected chi connectivity index (χ0v) is 12.3. The minimum absolute atomic E-state index is 0.00798. The van der Waals surface area contributed by atoms with Gasteiger partial charge in [0.1, 0.15) is 22.9 Å².